The van der Waals surface area contributed by atoms with Crippen molar-refractivity contribution in [3.63, 3.8) is 0 Å². The Bertz CT molecular complexity index is 1010. The third-order valence-electron chi connectivity index (χ3n) is 4.09. The SMILES string of the molecule is CN1CCNCC1c1noc(-c2cnc3[nH]c(=O)[nH]c(=O)c3c2)n1.Cl. The van der Waals surface area contributed by atoms with Crippen LogP contribution in [0.3, 0.4) is 0 Å². The lowest BCUT2D eigenvalue weighted by Gasteiger charge is -2.30. The number of fused-ring (bicyclic) bond motifs is 1. The third-order valence-corrected chi connectivity index (χ3v) is 4.09. The molecule has 1 aliphatic heterocycles. The predicted molar refractivity (Wildman–Crippen MR) is 91.8 cm³/mol. The Morgan fingerprint density at radius 1 is 1.32 bits per heavy atom. The molecule has 11 heteroatoms. The van der Waals surface area contributed by atoms with Crippen LogP contribution in [-0.4, -0.2) is 56.7 Å². The molecule has 0 bridgehead atoms. The van der Waals surface area contributed by atoms with Crippen LogP contribution in [0, 0.1) is 0 Å². The maximum Gasteiger partial charge on any atom is 0.327 e. The molecule has 0 saturated carbocycles. The number of aromatic nitrogens is 5. The molecule has 0 aliphatic carbocycles. The minimum atomic E-state index is -0.597. The van der Waals surface area contributed by atoms with Gasteiger partial charge in [-0.15, -0.1) is 12.4 Å². The number of hydrogen-bond donors (Lipinski definition) is 3. The topological polar surface area (TPSA) is 133 Å². The number of nitrogens with one attached hydrogen (secondary N) is 3. The van der Waals surface area contributed by atoms with Gasteiger partial charge < -0.3 is 9.84 Å². The van der Waals surface area contributed by atoms with E-state index in [-0.39, 0.29) is 35.4 Å². The highest BCUT2D eigenvalue weighted by Crippen LogP contribution is 2.23. The molecule has 0 spiro atoms. The van der Waals surface area contributed by atoms with Crippen LogP contribution in [0.5, 0.6) is 0 Å². The lowest BCUT2D eigenvalue weighted by molar-refractivity contribution is 0.190. The summed E-state index contributed by atoms with van der Waals surface area (Å²) in [6.07, 6.45) is 1.48. The molecule has 3 aromatic heterocycles. The fraction of sp³-hybridized carbons (Fsp3) is 0.357. The van der Waals surface area contributed by atoms with Gasteiger partial charge in [0.2, 0.25) is 0 Å². The monoisotopic (exact) mass is 365 g/mol. The van der Waals surface area contributed by atoms with Crippen LogP contribution in [0.25, 0.3) is 22.5 Å². The van der Waals surface area contributed by atoms with Crippen LogP contribution >= 0.6 is 12.4 Å². The summed E-state index contributed by atoms with van der Waals surface area (Å²) in [6, 6.07) is 1.60. The highest BCUT2D eigenvalue weighted by molar-refractivity contribution is 5.85. The second-order valence-electron chi connectivity index (χ2n) is 5.69. The van der Waals surface area contributed by atoms with Crippen LogP contribution in [0.4, 0.5) is 0 Å². The van der Waals surface area contributed by atoms with Gasteiger partial charge in [0.05, 0.1) is 17.0 Å². The van der Waals surface area contributed by atoms with E-state index in [9.17, 15) is 9.59 Å². The number of aromatic amines is 2. The van der Waals surface area contributed by atoms with Crippen molar-refractivity contribution >= 4 is 23.4 Å². The Balaban J connectivity index is 0.00000182. The molecule has 1 unspecified atom stereocenters. The zero-order valence-electron chi connectivity index (χ0n) is 13.3. The summed E-state index contributed by atoms with van der Waals surface area (Å²) in [5, 5.41) is 7.59. The molecule has 3 aromatic rings. The van der Waals surface area contributed by atoms with Crippen molar-refractivity contribution in [3.8, 4) is 11.5 Å². The molecule has 0 aromatic carbocycles. The molecule has 10 nitrogen and oxygen atoms in total. The summed E-state index contributed by atoms with van der Waals surface area (Å²) in [5.74, 6) is 0.860. The molecule has 132 valence electrons. The zero-order chi connectivity index (χ0) is 16.7. The van der Waals surface area contributed by atoms with Gasteiger partial charge in [0.25, 0.3) is 11.4 Å². The van der Waals surface area contributed by atoms with Crippen LogP contribution in [0.2, 0.25) is 0 Å². The highest BCUT2D eigenvalue weighted by atomic mass is 35.5. The first-order valence-electron chi connectivity index (χ1n) is 7.49. The van der Waals surface area contributed by atoms with Crippen molar-refractivity contribution in [3.05, 3.63) is 38.9 Å². The smallest absolute Gasteiger partial charge is 0.327 e. The largest absolute Gasteiger partial charge is 0.334 e. The van der Waals surface area contributed by atoms with Crippen molar-refractivity contribution in [2.75, 3.05) is 26.7 Å². The van der Waals surface area contributed by atoms with Crippen molar-refractivity contribution in [1.82, 2.24) is 35.3 Å². The van der Waals surface area contributed by atoms with Crippen molar-refractivity contribution in [2.24, 2.45) is 0 Å². The molecule has 1 atom stereocenters. The molecule has 0 amide bonds. The second-order valence-corrected chi connectivity index (χ2v) is 5.69. The number of piperazine rings is 1. The summed E-state index contributed by atoms with van der Waals surface area (Å²) < 4.78 is 5.33. The van der Waals surface area contributed by atoms with Crippen LogP contribution in [-0.2, 0) is 0 Å². The Kier molecular flexibility index (Phi) is 4.66. The molecule has 1 fully saturated rings. The van der Waals surface area contributed by atoms with E-state index in [1.807, 2.05) is 7.05 Å². The van der Waals surface area contributed by atoms with Gasteiger partial charge in [0, 0.05) is 25.8 Å². The Morgan fingerprint density at radius 2 is 2.16 bits per heavy atom. The van der Waals surface area contributed by atoms with E-state index in [0.29, 0.717) is 11.4 Å². The van der Waals surface area contributed by atoms with Gasteiger partial charge in [-0.25, -0.2) is 9.78 Å². The van der Waals surface area contributed by atoms with E-state index in [2.05, 4.69) is 35.3 Å². The van der Waals surface area contributed by atoms with Gasteiger partial charge >= 0.3 is 5.69 Å². The van der Waals surface area contributed by atoms with Crippen molar-refractivity contribution in [1.29, 1.82) is 0 Å². The highest BCUT2D eigenvalue weighted by Gasteiger charge is 2.25. The fourth-order valence-electron chi connectivity index (χ4n) is 2.75. The minimum Gasteiger partial charge on any atom is -0.334 e. The maximum atomic E-state index is 11.9. The van der Waals surface area contributed by atoms with Crippen LogP contribution < -0.4 is 16.6 Å². The standard InChI is InChI=1S/C14H15N7O3.ClH/c1-21-3-2-15-6-9(21)11-17-13(24-20-11)7-4-8-10(16-5-7)18-14(23)19-12(8)22;/h4-5,9,15H,2-3,6H2,1H3,(H2,16,18,19,22,23);1H. The van der Waals surface area contributed by atoms with Crippen molar-refractivity contribution in [2.45, 2.75) is 6.04 Å². The average molecular weight is 366 g/mol. The number of hydrogen-bond acceptors (Lipinski definition) is 8. The molecule has 4 heterocycles. The number of likely N-dealkylation sites (N-methyl/N-ethyl adjacent to an activating group) is 1. The number of halogens is 1. The zero-order valence-corrected chi connectivity index (χ0v) is 14.1. The Labute approximate surface area is 147 Å². The van der Waals surface area contributed by atoms with Gasteiger partial charge in [0.15, 0.2) is 5.82 Å². The molecule has 3 N–H and O–H groups in total. The molecule has 1 saturated heterocycles. The van der Waals surface area contributed by atoms with E-state index in [4.69, 9.17) is 4.52 Å². The first-order chi connectivity index (χ1) is 11.6. The average Bonchev–Trinajstić information content (AvgIpc) is 3.04. The third kappa shape index (κ3) is 3.18. The first kappa shape index (κ1) is 17.3. The summed E-state index contributed by atoms with van der Waals surface area (Å²) in [5.41, 5.74) is -0.381. The molecular weight excluding hydrogens is 350 g/mol. The fourth-order valence-corrected chi connectivity index (χ4v) is 2.75. The van der Waals surface area contributed by atoms with Gasteiger partial charge in [-0.1, -0.05) is 5.16 Å². The van der Waals surface area contributed by atoms with E-state index in [1.165, 1.54) is 6.20 Å². The minimum absolute atomic E-state index is 0. The summed E-state index contributed by atoms with van der Waals surface area (Å²) in [6.45, 7) is 2.56. The van der Waals surface area contributed by atoms with E-state index in [0.717, 1.165) is 19.6 Å². The van der Waals surface area contributed by atoms with E-state index >= 15 is 0 Å². The normalized spacial score (nSPS) is 18.2. The lowest BCUT2D eigenvalue weighted by atomic mass is 10.2. The molecule has 0 radical (unpaired) electrons. The second kappa shape index (κ2) is 6.75. The van der Waals surface area contributed by atoms with Crippen molar-refractivity contribution < 1.29 is 4.52 Å². The summed E-state index contributed by atoms with van der Waals surface area (Å²) in [4.78, 5) is 38.4. The van der Waals surface area contributed by atoms with Crippen LogP contribution in [0.1, 0.15) is 11.9 Å². The number of rotatable bonds is 2. The van der Waals surface area contributed by atoms with E-state index in [1.54, 1.807) is 6.07 Å². The lowest BCUT2D eigenvalue weighted by Crippen LogP contribution is -2.44. The maximum absolute atomic E-state index is 11.9. The van der Waals surface area contributed by atoms with E-state index < -0.39 is 11.2 Å². The summed E-state index contributed by atoms with van der Waals surface area (Å²) >= 11 is 0. The Hall–Kier alpha value is -2.56. The molecule has 4 rings (SSSR count). The summed E-state index contributed by atoms with van der Waals surface area (Å²) in [7, 11) is 2.01. The molecular formula is C14H16ClN7O3. The Morgan fingerprint density at radius 3 is 2.96 bits per heavy atom. The quantitative estimate of drug-likeness (QED) is 0.561. The number of H-pyrrole nitrogens is 2. The van der Waals surface area contributed by atoms with Gasteiger partial charge in [-0.2, -0.15) is 4.98 Å². The molecule has 25 heavy (non-hydrogen) atoms. The van der Waals surface area contributed by atoms with Gasteiger partial charge in [-0.3, -0.25) is 19.7 Å². The number of nitrogens with zero attached hydrogens (tertiary/aromatic N) is 4. The van der Waals surface area contributed by atoms with Gasteiger partial charge in [0.1, 0.15) is 5.65 Å². The predicted octanol–water partition coefficient (Wildman–Crippen LogP) is -0.341. The first-order valence-corrected chi connectivity index (χ1v) is 7.49. The van der Waals surface area contributed by atoms with Crippen LogP contribution in [0.15, 0.2) is 26.4 Å². The molecule has 1 aliphatic rings. The van der Waals surface area contributed by atoms with Gasteiger partial charge in [-0.05, 0) is 13.1 Å². The number of pyridine rings is 1.